The molecule has 3 aromatic rings. The highest BCUT2D eigenvalue weighted by atomic mass is 19.1. The number of nitriles is 1. The first-order chi connectivity index (χ1) is 15.1. The molecule has 2 unspecified atom stereocenters. The molecular weight excluding hydrogens is 394 g/mol. The molecule has 2 aliphatic heterocycles. The minimum atomic E-state index is -0.254. The summed E-state index contributed by atoms with van der Waals surface area (Å²) in [5.41, 5.74) is 4.25. The van der Waals surface area contributed by atoms with Crippen molar-refractivity contribution < 1.29 is 9.13 Å². The number of ether oxygens (including phenoxy) is 1. The number of benzene rings is 1. The summed E-state index contributed by atoms with van der Waals surface area (Å²) in [5, 5.41) is 21.1. The molecule has 0 amide bonds. The third kappa shape index (κ3) is 3.32. The van der Waals surface area contributed by atoms with E-state index in [-0.39, 0.29) is 24.2 Å². The van der Waals surface area contributed by atoms with Gasteiger partial charge >= 0.3 is 0 Å². The SMILES string of the molecule is CC1C=C(c2cnc(NCc3c(F)ccc4c3CCO4)n3cnnc23)CC(C)B1C#N. The Morgan fingerprint density at radius 2 is 2.26 bits per heavy atom. The fourth-order valence-corrected chi connectivity index (χ4v) is 4.78. The first-order valence-corrected chi connectivity index (χ1v) is 10.5. The van der Waals surface area contributed by atoms with E-state index < -0.39 is 0 Å². The molecule has 7 nitrogen and oxygen atoms in total. The zero-order valence-electron chi connectivity index (χ0n) is 17.5. The summed E-state index contributed by atoms with van der Waals surface area (Å²) in [4.78, 5) is 4.59. The normalized spacial score (nSPS) is 20.2. The Balaban J connectivity index is 1.46. The van der Waals surface area contributed by atoms with Crippen LogP contribution in [0.15, 0.2) is 30.7 Å². The molecule has 0 saturated carbocycles. The average molecular weight is 416 g/mol. The number of rotatable bonds is 4. The Kier molecular flexibility index (Phi) is 4.85. The minimum Gasteiger partial charge on any atom is -0.493 e. The maximum Gasteiger partial charge on any atom is 0.277 e. The molecule has 0 spiro atoms. The van der Waals surface area contributed by atoms with E-state index in [4.69, 9.17) is 4.74 Å². The number of anilines is 1. The monoisotopic (exact) mass is 416 g/mol. The van der Waals surface area contributed by atoms with Gasteiger partial charge in [0.1, 0.15) is 17.9 Å². The fraction of sp³-hybridized carbons (Fsp3) is 0.364. The molecule has 4 heterocycles. The summed E-state index contributed by atoms with van der Waals surface area (Å²) in [6.07, 6.45) is 7.04. The van der Waals surface area contributed by atoms with Crippen molar-refractivity contribution in [1.82, 2.24) is 19.6 Å². The van der Waals surface area contributed by atoms with Crippen LogP contribution in [0.25, 0.3) is 11.2 Å². The molecule has 2 aromatic heterocycles. The molecule has 2 aliphatic rings. The van der Waals surface area contributed by atoms with Crippen LogP contribution in [0.3, 0.4) is 0 Å². The van der Waals surface area contributed by atoms with E-state index in [2.05, 4.69) is 46.4 Å². The van der Waals surface area contributed by atoms with E-state index in [1.165, 1.54) is 6.07 Å². The van der Waals surface area contributed by atoms with Crippen LogP contribution in [-0.2, 0) is 13.0 Å². The van der Waals surface area contributed by atoms with Crippen molar-refractivity contribution in [2.75, 3.05) is 11.9 Å². The highest BCUT2D eigenvalue weighted by molar-refractivity contribution is 6.70. The predicted molar refractivity (Wildman–Crippen MR) is 117 cm³/mol. The minimum absolute atomic E-state index is 0.0121. The van der Waals surface area contributed by atoms with Gasteiger partial charge in [-0.25, -0.2) is 14.6 Å². The summed E-state index contributed by atoms with van der Waals surface area (Å²) in [6, 6.07) is 3.13. The van der Waals surface area contributed by atoms with E-state index >= 15 is 0 Å². The molecule has 0 saturated heterocycles. The van der Waals surface area contributed by atoms with E-state index in [1.807, 2.05) is 0 Å². The molecule has 0 radical (unpaired) electrons. The Hall–Kier alpha value is -3.41. The Labute approximate surface area is 180 Å². The van der Waals surface area contributed by atoms with Gasteiger partial charge in [-0.3, -0.25) is 4.40 Å². The summed E-state index contributed by atoms with van der Waals surface area (Å²) in [6.45, 7) is 5.06. The van der Waals surface area contributed by atoms with Crippen molar-refractivity contribution in [1.29, 1.82) is 5.26 Å². The van der Waals surface area contributed by atoms with Crippen LogP contribution in [-0.4, -0.2) is 32.9 Å². The van der Waals surface area contributed by atoms with Gasteiger partial charge in [0.2, 0.25) is 5.95 Å². The van der Waals surface area contributed by atoms with Gasteiger partial charge in [0.05, 0.1) is 6.61 Å². The van der Waals surface area contributed by atoms with Crippen LogP contribution in [0.5, 0.6) is 5.75 Å². The van der Waals surface area contributed by atoms with Crippen molar-refractivity contribution in [3.8, 4) is 11.7 Å². The van der Waals surface area contributed by atoms with E-state index in [1.54, 1.807) is 23.0 Å². The Morgan fingerprint density at radius 1 is 1.39 bits per heavy atom. The third-order valence-corrected chi connectivity index (χ3v) is 6.38. The van der Waals surface area contributed by atoms with Crippen molar-refractivity contribution in [3.05, 3.63) is 53.2 Å². The summed E-state index contributed by atoms with van der Waals surface area (Å²) >= 11 is 0. The molecule has 156 valence electrons. The lowest BCUT2D eigenvalue weighted by atomic mass is 9.33. The Bertz CT molecular complexity index is 1230. The molecule has 0 fully saturated rings. The van der Waals surface area contributed by atoms with Crippen molar-refractivity contribution in [2.45, 2.75) is 44.9 Å². The average Bonchev–Trinajstić information content (AvgIpc) is 3.42. The molecule has 5 rings (SSSR count). The van der Waals surface area contributed by atoms with Gasteiger partial charge in [-0.1, -0.05) is 19.9 Å². The van der Waals surface area contributed by atoms with Crippen LogP contribution in [0.2, 0.25) is 11.6 Å². The fourth-order valence-electron chi connectivity index (χ4n) is 4.78. The van der Waals surface area contributed by atoms with Gasteiger partial charge in [-0.2, -0.15) is 0 Å². The van der Waals surface area contributed by atoms with Crippen LogP contribution >= 0.6 is 0 Å². The summed E-state index contributed by atoms with van der Waals surface area (Å²) in [7, 11) is 0. The number of hydrogen-bond acceptors (Lipinski definition) is 6. The van der Waals surface area contributed by atoms with Gasteiger partial charge in [0.15, 0.2) is 5.65 Å². The third-order valence-electron chi connectivity index (χ3n) is 6.38. The molecule has 0 aliphatic carbocycles. The molecular formula is C22H22BFN6O. The number of hydrogen-bond donors (Lipinski definition) is 1. The lowest BCUT2D eigenvalue weighted by Crippen LogP contribution is -2.25. The molecule has 2 atom stereocenters. The first kappa shape index (κ1) is 19.6. The maximum atomic E-state index is 14.5. The van der Waals surface area contributed by atoms with Crippen molar-refractivity contribution in [2.24, 2.45) is 0 Å². The quantitative estimate of drug-likeness (QED) is 0.649. The summed E-state index contributed by atoms with van der Waals surface area (Å²) in [5.74, 6) is 3.89. The standard InChI is InChI=1S/C22H22BFN6O/c1-13-7-15(8-14(2)23(13)11-25)17-9-26-22(30-12-28-29-21(17)30)27-10-18-16-5-6-31-20(16)4-3-19(18)24/h3-4,7,9,12-14H,5-6,8,10H2,1-2H3,(H,26,27). The largest absolute Gasteiger partial charge is 0.493 e. The van der Waals surface area contributed by atoms with Crippen LogP contribution in [0.4, 0.5) is 10.3 Å². The predicted octanol–water partition coefficient (Wildman–Crippen LogP) is 3.94. The lowest BCUT2D eigenvalue weighted by molar-refractivity contribution is 0.356. The van der Waals surface area contributed by atoms with Crippen molar-refractivity contribution >= 4 is 23.9 Å². The second kappa shape index (κ2) is 7.69. The van der Waals surface area contributed by atoms with Crippen LogP contribution in [0.1, 0.15) is 37.0 Å². The Morgan fingerprint density at radius 3 is 3.06 bits per heavy atom. The lowest BCUT2D eigenvalue weighted by Gasteiger charge is -2.26. The van der Waals surface area contributed by atoms with Crippen LogP contribution in [0, 0.1) is 17.0 Å². The highest BCUT2D eigenvalue weighted by Crippen LogP contribution is 2.39. The van der Waals surface area contributed by atoms with Gasteiger partial charge < -0.3 is 10.1 Å². The summed E-state index contributed by atoms with van der Waals surface area (Å²) < 4.78 is 21.8. The van der Waals surface area contributed by atoms with Gasteiger partial charge in [0, 0.05) is 41.8 Å². The second-order valence-corrected chi connectivity index (χ2v) is 8.36. The smallest absolute Gasteiger partial charge is 0.277 e. The number of halogens is 1. The number of nitrogens with one attached hydrogen (secondary N) is 1. The van der Waals surface area contributed by atoms with Gasteiger partial charge in [0.25, 0.3) is 6.71 Å². The van der Waals surface area contributed by atoms with Crippen molar-refractivity contribution in [3.63, 3.8) is 0 Å². The second-order valence-electron chi connectivity index (χ2n) is 8.36. The molecule has 1 N–H and O–H groups in total. The number of fused-ring (bicyclic) bond motifs is 2. The first-order valence-electron chi connectivity index (χ1n) is 10.5. The number of allylic oxidation sites excluding steroid dienone is 2. The zero-order valence-corrected chi connectivity index (χ0v) is 17.5. The molecule has 1 aromatic carbocycles. The van der Waals surface area contributed by atoms with E-state index in [0.717, 1.165) is 28.9 Å². The topological polar surface area (TPSA) is 88.1 Å². The van der Waals surface area contributed by atoms with E-state index in [0.29, 0.717) is 36.7 Å². The maximum absolute atomic E-state index is 14.5. The van der Waals surface area contributed by atoms with Crippen LogP contribution < -0.4 is 10.1 Å². The number of nitrogens with zero attached hydrogens (tertiary/aromatic N) is 5. The van der Waals surface area contributed by atoms with E-state index in [9.17, 15) is 9.65 Å². The van der Waals surface area contributed by atoms with Gasteiger partial charge in [-0.15, -0.1) is 10.2 Å². The molecule has 9 heteroatoms. The highest BCUT2D eigenvalue weighted by Gasteiger charge is 2.33. The zero-order chi connectivity index (χ0) is 21.5. The molecule has 31 heavy (non-hydrogen) atoms. The molecule has 0 bridgehead atoms. The van der Waals surface area contributed by atoms with Gasteiger partial charge in [-0.05, 0) is 35.8 Å². The number of aromatic nitrogens is 4.